The Morgan fingerprint density at radius 2 is 2.07 bits per heavy atom. The molecule has 6 heteroatoms. The minimum absolute atomic E-state index is 0. The van der Waals surface area contributed by atoms with E-state index in [1.165, 1.54) is 24.8 Å². The van der Waals surface area contributed by atoms with Crippen molar-refractivity contribution < 1.29 is 9.47 Å². The van der Waals surface area contributed by atoms with Crippen molar-refractivity contribution >= 4 is 29.9 Å². The van der Waals surface area contributed by atoms with Crippen LogP contribution in [-0.2, 0) is 14.9 Å². The van der Waals surface area contributed by atoms with Crippen molar-refractivity contribution in [3.8, 4) is 0 Å². The molecule has 5 nitrogen and oxygen atoms in total. The Morgan fingerprint density at radius 3 is 2.70 bits per heavy atom. The molecule has 0 radical (unpaired) electrons. The van der Waals surface area contributed by atoms with Crippen molar-refractivity contribution in [2.24, 2.45) is 10.9 Å². The van der Waals surface area contributed by atoms with Crippen molar-refractivity contribution in [3.05, 3.63) is 35.9 Å². The summed E-state index contributed by atoms with van der Waals surface area (Å²) in [7, 11) is 1.84. The molecular formula is C21H34IN3O2. The minimum Gasteiger partial charge on any atom is -0.381 e. The fourth-order valence-corrected chi connectivity index (χ4v) is 3.78. The van der Waals surface area contributed by atoms with E-state index in [4.69, 9.17) is 9.47 Å². The topological polar surface area (TPSA) is 54.9 Å². The van der Waals surface area contributed by atoms with Crippen LogP contribution in [-0.4, -0.2) is 52.5 Å². The fraction of sp³-hybridized carbons (Fsp3) is 0.667. The second-order valence-corrected chi connectivity index (χ2v) is 7.51. The van der Waals surface area contributed by atoms with Gasteiger partial charge in [-0.2, -0.15) is 0 Å². The van der Waals surface area contributed by atoms with Crippen LogP contribution < -0.4 is 10.6 Å². The summed E-state index contributed by atoms with van der Waals surface area (Å²) >= 11 is 0. The molecule has 2 N–H and O–H groups in total. The SMILES string of the molecule is CN=C(NCCCOCC1CCOC1)NCC1(c2ccccc2)CCC1.I. The van der Waals surface area contributed by atoms with E-state index in [-0.39, 0.29) is 29.4 Å². The van der Waals surface area contributed by atoms with Crippen LogP contribution in [0.3, 0.4) is 0 Å². The molecule has 1 saturated heterocycles. The van der Waals surface area contributed by atoms with Gasteiger partial charge in [0, 0.05) is 44.7 Å². The van der Waals surface area contributed by atoms with Gasteiger partial charge in [-0.25, -0.2) is 0 Å². The Morgan fingerprint density at radius 1 is 1.26 bits per heavy atom. The molecule has 2 fully saturated rings. The third-order valence-corrected chi connectivity index (χ3v) is 5.65. The number of nitrogens with zero attached hydrogens (tertiary/aromatic N) is 1. The van der Waals surface area contributed by atoms with E-state index in [0.717, 1.165) is 58.3 Å². The van der Waals surface area contributed by atoms with Gasteiger partial charge in [0.05, 0.1) is 13.2 Å². The standard InChI is InChI=1S/C21H33N3O2.HI/c1-22-20(23-12-6-13-25-15-18-9-14-26-16-18)24-17-21(10-5-11-21)19-7-3-2-4-8-19;/h2-4,7-8,18H,5-6,9-17H2,1H3,(H2,22,23,24);1H. The summed E-state index contributed by atoms with van der Waals surface area (Å²) in [6.07, 6.45) is 5.93. The molecule has 1 aliphatic heterocycles. The fourth-order valence-electron chi connectivity index (χ4n) is 3.78. The van der Waals surface area contributed by atoms with Crippen molar-refractivity contribution in [3.63, 3.8) is 0 Å². The number of guanidine groups is 1. The van der Waals surface area contributed by atoms with Crippen LogP contribution in [0, 0.1) is 5.92 Å². The minimum atomic E-state index is 0. The molecule has 1 aromatic carbocycles. The molecule has 1 aliphatic carbocycles. The van der Waals surface area contributed by atoms with Crippen molar-refractivity contribution in [2.45, 2.75) is 37.5 Å². The van der Waals surface area contributed by atoms with Crippen LogP contribution >= 0.6 is 24.0 Å². The van der Waals surface area contributed by atoms with E-state index in [2.05, 4.69) is 46.0 Å². The molecular weight excluding hydrogens is 453 g/mol. The number of halogens is 1. The maximum absolute atomic E-state index is 5.75. The Balaban J connectivity index is 0.00000261. The average Bonchev–Trinajstić information content (AvgIpc) is 3.16. The van der Waals surface area contributed by atoms with Gasteiger partial charge in [-0.1, -0.05) is 36.8 Å². The quantitative estimate of drug-likeness (QED) is 0.243. The lowest BCUT2D eigenvalue weighted by molar-refractivity contribution is 0.0888. The van der Waals surface area contributed by atoms with E-state index < -0.39 is 0 Å². The van der Waals surface area contributed by atoms with Gasteiger partial charge in [0.25, 0.3) is 0 Å². The Labute approximate surface area is 180 Å². The molecule has 27 heavy (non-hydrogen) atoms. The second-order valence-electron chi connectivity index (χ2n) is 7.51. The Kier molecular flexibility index (Phi) is 9.86. The number of rotatable bonds is 9. The van der Waals surface area contributed by atoms with Crippen molar-refractivity contribution in [1.29, 1.82) is 0 Å². The lowest BCUT2D eigenvalue weighted by atomic mass is 9.64. The molecule has 0 spiro atoms. The summed E-state index contributed by atoms with van der Waals surface area (Å²) in [6, 6.07) is 10.9. The molecule has 2 aliphatic rings. The van der Waals surface area contributed by atoms with Gasteiger partial charge in [0.1, 0.15) is 0 Å². The van der Waals surface area contributed by atoms with E-state index in [9.17, 15) is 0 Å². The maximum atomic E-state index is 5.75. The average molecular weight is 487 g/mol. The molecule has 0 amide bonds. The predicted octanol–water partition coefficient (Wildman–Crippen LogP) is 3.33. The zero-order valence-electron chi connectivity index (χ0n) is 16.4. The number of hydrogen-bond donors (Lipinski definition) is 2. The van der Waals surface area contributed by atoms with E-state index in [1.807, 2.05) is 7.05 Å². The van der Waals surface area contributed by atoms with Crippen LogP contribution in [0.15, 0.2) is 35.3 Å². The third kappa shape index (κ3) is 6.61. The first kappa shape index (κ1) is 22.4. The number of aliphatic imine (C=N–C) groups is 1. The first-order valence-electron chi connectivity index (χ1n) is 9.98. The lowest BCUT2D eigenvalue weighted by Crippen LogP contribution is -2.49. The summed E-state index contributed by atoms with van der Waals surface area (Å²) < 4.78 is 11.1. The summed E-state index contributed by atoms with van der Waals surface area (Å²) in [5.74, 6) is 1.48. The van der Waals surface area contributed by atoms with E-state index in [0.29, 0.717) is 5.92 Å². The molecule has 1 atom stereocenters. The second kappa shape index (κ2) is 11.9. The molecule has 1 aromatic rings. The highest BCUT2D eigenvalue weighted by atomic mass is 127. The summed E-state index contributed by atoms with van der Waals surface area (Å²) in [5, 5.41) is 6.93. The zero-order valence-corrected chi connectivity index (χ0v) is 18.7. The van der Waals surface area contributed by atoms with Crippen molar-refractivity contribution in [1.82, 2.24) is 10.6 Å². The number of ether oxygens (including phenoxy) is 2. The maximum Gasteiger partial charge on any atom is 0.191 e. The van der Waals surface area contributed by atoms with Gasteiger partial charge in [0.15, 0.2) is 5.96 Å². The van der Waals surface area contributed by atoms with Crippen LogP contribution in [0.4, 0.5) is 0 Å². The highest BCUT2D eigenvalue weighted by Crippen LogP contribution is 2.43. The highest BCUT2D eigenvalue weighted by molar-refractivity contribution is 14.0. The van der Waals surface area contributed by atoms with Crippen LogP contribution in [0.2, 0.25) is 0 Å². The number of benzene rings is 1. The third-order valence-electron chi connectivity index (χ3n) is 5.65. The van der Waals surface area contributed by atoms with Gasteiger partial charge in [-0.05, 0) is 31.2 Å². The molecule has 3 rings (SSSR count). The smallest absolute Gasteiger partial charge is 0.191 e. The van der Waals surface area contributed by atoms with Crippen LogP contribution in [0.1, 0.15) is 37.7 Å². The Bertz CT molecular complexity index is 558. The van der Waals surface area contributed by atoms with E-state index in [1.54, 1.807) is 0 Å². The van der Waals surface area contributed by atoms with E-state index >= 15 is 0 Å². The first-order chi connectivity index (χ1) is 12.8. The van der Waals surface area contributed by atoms with Crippen molar-refractivity contribution in [2.75, 3.05) is 46.6 Å². The zero-order chi connectivity index (χ0) is 18.1. The molecule has 0 bridgehead atoms. The number of hydrogen-bond acceptors (Lipinski definition) is 3. The van der Waals surface area contributed by atoms with Crippen LogP contribution in [0.5, 0.6) is 0 Å². The van der Waals surface area contributed by atoms with Crippen LogP contribution in [0.25, 0.3) is 0 Å². The molecule has 152 valence electrons. The normalized spacial score (nSPS) is 21.2. The predicted molar refractivity (Wildman–Crippen MR) is 121 cm³/mol. The molecule has 0 aromatic heterocycles. The largest absolute Gasteiger partial charge is 0.381 e. The van der Waals surface area contributed by atoms with Gasteiger partial charge in [0.2, 0.25) is 0 Å². The first-order valence-corrected chi connectivity index (χ1v) is 9.98. The van der Waals surface area contributed by atoms with Gasteiger partial charge in [-0.15, -0.1) is 24.0 Å². The summed E-state index contributed by atoms with van der Waals surface area (Å²) in [6.45, 7) is 5.18. The number of nitrogens with one attached hydrogen (secondary N) is 2. The molecule has 1 heterocycles. The van der Waals surface area contributed by atoms with Gasteiger partial charge in [-0.3, -0.25) is 4.99 Å². The Hall–Kier alpha value is -0.860. The highest BCUT2D eigenvalue weighted by Gasteiger charge is 2.38. The lowest BCUT2D eigenvalue weighted by Gasteiger charge is -2.43. The molecule has 1 saturated carbocycles. The van der Waals surface area contributed by atoms with Gasteiger partial charge >= 0.3 is 0 Å². The molecule has 1 unspecified atom stereocenters. The summed E-state index contributed by atoms with van der Waals surface area (Å²) in [5.41, 5.74) is 1.71. The summed E-state index contributed by atoms with van der Waals surface area (Å²) in [4.78, 5) is 4.36. The monoisotopic (exact) mass is 487 g/mol. The van der Waals surface area contributed by atoms with Gasteiger partial charge < -0.3 is 20.1 Å².